The van der Waals surface area contributed by atoms with Crippen LogP contribution >= 0.6 is 0 Å². The molecule has 32 heavy (non-hydrogen) atoms. The Bertz CT molecular complexity index is 1250. The summed E-state index contributed by atoms with van der Waals surface area (Å²) < 4.78 is 1.60. The minimum atomic E-state index is -0.907. The Morgan fingerprint density at radius 1 is 1.03 bits per heavy atom. The third-order valence-electron chi connectivity index (χ3n) is 5.29. The third-order valence-corrected chi connectivity index (χ3v) is 5.29. The molecule has 0 unspecified atom stereocenters. The Balaban J connectivity index is 1.49. The van der Waals surface area contributed by atoms with Crippen molar-refractivity contribution in [1.29, 1.82) is 0 Å². The monoisotopic (exact) mass is 427 g/mol. The molecule has 4 aromatic rings. The Morgan fingerprint density at radius 2 is 1.66 bits per heavy atom. The van der Waals surface area contributed by atoms with Gasteiger partial charge in [-0.25, -0.2) is 9.67 Å². The number of rotatable bonds is 6. The number of hydrogen-bond acceptors (Lipinski definition) is 5. The second-order valence-electron chi connectivity index (χ2n) is 8.29. The summed E-state index contributed by atoms with van der Waals surface area (Å²) in [7, 11) is 0. The van der Waals surface area contributed by atoms with Crippen LogP contribution in [0.3, 0.4) is 0 Å². The number of aryl methyl sites for hydroxylation is 1. The highest BCUT2D eigenvalue weighted by atomic mass is 16.3. The molecular formula is C25H25N5O2. The lowest BCUT2D eigenvalue weighted by Crippen LogP contribution is -2.15. The molecule has 1 amide bonds. The van der Waals surface area contributed by atoms with Crippen molar-refractivity contribution in [2.45, 2.75) is 32.8 Å². The van der Waals surface area contributed by atoms with E-state index in [0.717, 1.165) is 34.5 Å². The number of aromatic nitrogens is 4. The van der Waals surface area contributed by atoms with Gasteiger partial charge in [0.05, 0.1) is 17.0 Å². The lowest BCUT2D eigenvalue weighted by Gasteiger charge is -2.18. The molecule has 3 N–H and O–H groups in total. The molecule has 7 heteroatoms. The molecule has 0 aliphatic carbocycles. The summed E-state index contributed by atoms with van der Waals surface area (Å²) in [5, 5.41) is 14.4. The quantitative estimate of drug-likeness (QED) is 0.489. The summed E-state index contributed by atoms with van der Waals surface area (Å²) in [4.78, 5) is 19.8. The molecule has 0 spiro atoms. The zero-order chi connectivity index (χ0) is 22.9. The predicted octanol–water partition coefficient (Wildman–Crippen LogP) is 3.55. The van der Waals surface area contributed by atoms with Gasteiger partial charge < -0.3 is 10.8 Å². The maximum atomic E-state index is 11.3. The van der Waals surface area contributed by atoms with E-state index < -0.39 is 11.5 Å². The van der Waals surface area contributed by atoms with Crippen molar-refractivity contribution in [3.63, 3.8) is 0 Å². The predicted molar refractivity (Wildman–Crippen MR) is 122 cm³/mol. The SMILES string of the molecule is Cc1nc(C(N)=O)nn1-c1ccc(Cc2ccc(-c3cc(C(C)(C)O)ccn3)cc2)cc1. The summed E-state index contributed by atoms with van der Waals surface area (Å²) in [5.41, 5.74) is 10.2. The lowest BCUT2D eigenvalue weighted by molar-refractivity contribution is 0.0785. The van der Waals surface area contributed by atoms with E-state index in [2.05, 4.69) is 27.2 Å². The van der Waals surface area contributed by atoms with Crippen molar-refractivity contribution in [2.75, 3.05) is 0 Å². The first-order valence-electron chi connectivity index (χ1n) is 10.3. The lowest BCUT2D eigenvalue weighted by atomic mass is 9.97. The highest BCUT2D eigenvalue weighted by molar-refractivity contribution is 5.88. The molecular weight excluding hydrogens is 402 g/mol. The summed E-state index contributed by atoms with van der Waals surface area (Å²) in [5.74, 6) is -0.0347. The van der Waals surface area contributed by atoms with Crippen molar-refractivity contribution in [3.8, 4) is 16.9 Å². The van der Waals surface area contributed by atoms with Gasteiger partial charge in [-0.2, -0.15) is 0 Å². The van der Waals surface area contributed by atoms with Gasteiger partial charge in [-0.05, 0) is 68.1 Å². The topological polar surface area (TPSA) is 107 Å². The van der Waals surface area contributed by atoms with E-state index >= 15 is 0 Å². The van der Waals surface area contributed by atoms with E-state index in [1.54, 1.807) is 31.6 Å². The molecule has 7 nitrogen and oxygen atoms in total. The fourth-order valence-electron chi connectivity index (χ4n) is 3.49. The number of pyridine rings is 1. The molecule has 0 bridgehead atoms. The maximum absolute atomic E-state index is 11.3. The Hall–Kier alpha value is -3.84. The van der Waals surface area contributed by atoms with E-state index in [4.69, 9.17) is 5.73 Å². The Morgan fingerprint density at radius 3 is 2.22 bits per heavy atom. The van der Waals surface area contributed by atoms with E-state index in [1.807, 2.05) is 48.5 Å². The van der Waals surface area contributed by atoms with Crippen LogP contribution in [0.15, 0.2) is 66.9 Å². The summed E-state index contributed by atoms with van der Waals surface area (Å²) in [6.07, 6.45) is 2.50. The molecule has 0 saturated heterocycles. The van der Waals surface area contributed by atoms with Gasteiger partial charge >= 0.3 is 0 Å². The fourth-order valence-corrected chi connectivity index (χ4v) is 3.49. The van der Waals surface area contributed by atoms with Crippen LogP contribution in [0.5, 0.6) is 0 Å². The van der Waals surface area contributed by atoms with E-state index in [-0.39, 0.29) is 5.82 Å². The zero-order valence-corrected chi connectivity index (χ0v) is 18.3. The van der Waals surface area contributed by atoms with Crippen LogP contribution in [0.4, 0.5) is 0 Å². The number of amides is 1. The number of primary amides is 1. The number of nitrogens with zero attached hydrogens (tertiary/aromatic N) is 4. The van der Waals surface area contributed by atoms with Gasteiger partial charge in [0.25, 0.3) is 5.91 Å². The number of benzene rings is 2. The highest BCUT2D eigenvalue weighted by Crippen LogP contribution is 2.25. The summed E-state index contributed by atoms with van der Waals surface area (Å²) in [6, 6.07) is 20.0. The smallest absolute Gasteiger partial charge is 0.288 e. The average Bonchev–Trinajstić information content (AvgIpc) is 3.16. The van der Waals surface area contributed by atoms with Crippen LogP contribution in [0.2, 0.25) is 0 Å². The Kier molecular flexibility index (Phi) is 5.59. The Labute approximate surface area is 186 Å². The minimum absolute atomic E-state index is 0.00856. The molecule has 0 atom stereocenters. The van der Waals surface area contributed by atoms with Crippen LogP contribution in [0.25, 0.3) is 16.9 Å². The van der Waals surface area contributed by atoms with Crippen molar-refractivity contribution in [3.05, 3.63) is 95.2 Å². The molecule has 4 rings (SSSR count). The molecule has 2 heterocycles. The minimum Gasteiger partial charge on any atom is -0.386 e. The number of aliphatic hydroxyl groups is 1. The van der Waals surface area contributed by atoms with Crippen molar-refractivity contribution < 1.29 is 9.90 Å². The van der Waals surface area contributed by atoms with Gasteiger partial charge in [-0.3, -0.25) is 9.78 Å². The van der Waals surface area contributed by atoms with E-state index in [1.165, 1.54) is 5.56 Å². The first-order valence-corrected chi connectivity index (χ1v) is 10.3. The zero-order valence-electron chi connectivity index (χ0n) is 18.3. The highest BCUT2D eigenvalue weighted by Gasteiger charge is 2.16. The summed E-state index contributed by atoms with van der Waals surface area (Å²) in [6.45, 7) is 5.31. The standard InChI is InChI=1S/C25H25N5O2/c1-16-28-24(23(26)31)29-30(16)21-10-6-18(7-11-21)14-17-4-8-19(9-5-17)22-15-20(12-13-27-22)25(2,3)32/h4-13,15,32H,14H2,1-3H3,(H2,26,31). The van der Waals surface area contributed by atoms with E-state index in [0.29, 0.717) is 5.82 Å². The summed E-state index contributed by atoms with van der Waals surface area (Å²) >= 11 is 0. The fraction of sp³-hybridized carbons (Fsp3) is 0.200. The maximum Gasteiger partial charge on any atom is 0.288 e. The third kappa shape index (κ3) is 4.58. The number of nitrogens with two attached hydrogens (primary N) is 1. The first-order chi connectivity index (χ1) is 15.2. The van der Waals surface area contributed by atoms with Gasteiger partial charge in [-0.15, -0.1) is 5.10 Å². The van der Waals surface area contributed by atoms with Crippen LogP contribution in [-0.2, 0) is 12.0 Å². The van der Waals surface area contributed by atoms with Gasteiger partial charge in [-0.1, -0.05) is 36.4 Å². The van der Waals surface area contributed by atoms with Gasteiger partial charge in [0.1, 0.15) is 5.82 Å². The molecule has 162 valence electrons. The molecule has 0 aliphatic heterocycles. The molecule has 0 radical (unpaired) electrons. The average molecular weight is 428 g/mol. The van der Waals surface area contributed by atoms with Gasteiger partial charge in [0.2, 0.25) is 5.82 Å². The molecule has 2 aromatic heterocycles. The molecule has 2 aromatic carbocycles. The number of carbonyl (C=O) groups is 1. The normalized spacial score (nSPS) is 11.5. The van der Waals surface area contributed by atoms with E-state index in [9.17, 15) is 9.90 Å². The van der Waals surface area contributed by atoms with Crippen LogP contribution in [0.1, 0.15) is 47.0 Å². The second-order valence-corrected chi connectivity index (χ2v) is 8.29. The van der Waals surface area contributed by atoms with Crippen LogP contribution < -0.4 is 5.73 Å². The molecule has 0 saturated carbocycles. The molecule has 0 fully saturated rings. The van der Waals surface area contributed by atoms with Crippen molar-refractivity contribution >= 4 is 5.91 Å². The van der Waals surface area contributed by atoms with Crippen LogP contribution in [-0.4, -0.2) is 30.8 Å². The van der Waals surface area contributed by atoms with Gasteiger partial charge in [0, 0.05) is 11.8 Å². The molecule has 0 aliphatic rings. The second kappa shape index (κ2) is 8.36. The number of carbonyl (C=O) groups excluding carboxylic acids is 1. The number of hydrogen-bond donors (Lipinski definition) is 2. The van der Waals surface area contributed by atoms with Gasteiger partial charge in [0.15, 0.2) is 0 Å². The largest absolute Gasteiger partial charge is 0.386 e. The van der Waals surface area contributed by atoms with Crippen molar-refractivity contribution in [2.24, 2.45) is 5.73 Å². The van der Waals surface area contributed by atoms with Crippen molar-refractivity contribution in [1.82, 2.24) is 19.7 Å². The first kappa shape index (κ1) is 21.4. The van der Waals surface area contributed by atoms with Crippen LogP contribution in [0, 0.1) is 6.92 Å².